The Kier molecular flexibility index (Phi) is 4.60. The molecule has 1 aromatic carbocycles. The van der Waals surface area contributed by atoms with Crippen molar-refractivity contribution in [2.75, 3.05) is 6.61 Å². The van der Waals surface area contributed by atoms with E-state index in [1.165, 1.54) is 18.4 Å². The monoisotopic (exact) mass is 297 g/mol. The molecule has 2 rings (SSSR count). The highest BCUT2D eigenvalue weighted by Gasteiger charge is 2.31. The van der Waals surface area contributed by atoms with Crippen LogP contribution in [0.4, 0.5) is 0 Å². The fraction of sp³-hybridized carbons (Fsp3) is 0.571. The van der Waals surface area contributed by atoms with Crippen LogP contribution in [-0.4, -0.2) is 23.8 Å². The van der Waals surface area contributed by atoms with Gasteiger partial charge in [-0.2, -0.15) is 0 Å². The molecule has 1 aromatic rings. The first-order valence-electron chi connectivity index (χ1n) is 6.35. The van der Waals surface area contributed by atoms with Crippen LogP contribution in [0.2, 0.25) is 0 Å². The highest BCUT2D eigenvalue weighted by atomic mass is 79.9. The van der Waals surface area contributed by atoms with Crippen molar-refractivity contribution >= 4 is 15.9 Å². The lowest BCUT2D eigenvalue weighted by Gasteiger charge is -2.38. The van der Waals surface area contributed by atoms with Gasteiger partial charge in [-0.25, -0.2) is 0 Å². The summed E-state index contributed by atoms with van der Waals surface area (Å²) in [6, 6.07) is 9.43. The molecule has 1 aliphatic rings. The molecule has 0 heterocycles. The number of aliphatic hydroxyl groups is 1. The smallest absolute Gasteiger partial charge is 0.0584 e. The van der Waals surface area contributed by atoms with Crippen LogP contribution in [0.25, 0.3) is 0 Å². The summed E-state index contributed by atoms with van der Waals surface area (Å²) in [5.74, 6) is 0.682. The van der Waals surface area contributed by atoms with E-state index in [2.05, 4.69) is 52.4 Å². The Balaban J connectivity index is 1.82. The SMILES string of the molecule is CC[C@H](CO)NC1CC(c2cccc(Br)c2)C1. The van der Waals surface area contributed by atoms with Crippen molar-refractivity contribution in [2.45, 2.75) is 44.2 Å². The average molecular weight is 298 g/mol. The van der Waals surface area contributed by atoms with Crippen molar-refractivity contribution in [3.05, 3.63) is 34.3 Å². The molecule has 2 nitrogen and oxygen atoms in total. The van der Waals surface area contributed by atoms with Crippen molar-refractivity contribution < 1.29 is 5.11 Å². The van der Waals surface area contributed by atoms with E-state index in [1.807, 2.05) is 0 Å². The second-order valence-corrected chi connectivity index (χ2v) is 5.79. The molecule has 1 fully saturated rings. The van der Waals surface area contributed by atoms with Crippen LogP contribution in [0.5, 0.6) is 0 Å². The van der Waals surface area contributed by atoms with E-state index in [0.717, 1.165) is 10.9 Å². The third-order valence-electron chi connectivity index (χ3n) is 3.64. The first kappa shape index (κ1) is 13.1. The van der Waals surface area contributed by atoms with Gasteiger partial charge in [-0.15, -0.1) is 0 Å². The molecule has 94 valence electrons. The first-order valence-corrected chi connectivity index (χ1v) is 7.14. The third kappa shape index (κ3) is 3.30. The number of hydrogen-bond acceptors (Lipinski definition) is 2. The molecule has 0 radical (unpaired) electrons. The van der Waals surface area contributed by atoms with Crippen molar-refractivity contribution in [1.82, 2.24) is 5.32 Å². The topological polar surface area (TPSA) is 32.3 Å². The summed E-state index contributed by atoms with van der Waals surface area (Å²) in [6.07, 6.45) is 3.37. The zero-order valence-electron chi connectivity index (χ0n) is 10.2. The van der Waals surface area contributed by atoms with E-state index in [1.54, 1.807) is 0 Å². The van der Waals surface area contributed by atoms with Gasteiger partial charge in [-0.05, 0) is 42.9 Å². The van der Waals surface area contributed by atoms with E-state index in [0.29, 0.717) is 12.0 Å². The van der Waals surface area contributed by atoms with E-state index < -0.39 is 0 Å². The molecule has 0 aliphatic heterocycles. The van der Waals surface area contributed by atoms with Gasteiger partial charge in [0.25, 0.3) is 0 Å². The minimum atomic E-state index is 0.245. The van der Waals surface area contributed by atoms with Crippen LogP contribution >= 0.6 is 15.9 Å². The number of halogens is 1. The number of benzene rings is 1. The van der Waals surface area contributed by atoms with Gasteiger partial charge in [0, 0.05) is 16.6 Å². The lowest BCUT2D eigenvalue weighted by atomic mass is 9.75. The minimum absolute atomic E-state index is 0.245. The molecule has 0 bridgehead atoms. The molecule has 0 amide bonds. The predicted molar refractivity (Wildman–Crippen MR) is 74.2 cm³/mol. The maximum Gasteiger partial charge on any atom is 0.0584 e. The molecular formula is C14H20BrNO. The van der Waals surface area contributed by atoms with Crippen LogP contribution < -0.4 is 5.32 Å². The summed E-state index contributed by atoms with van der Waals surface area (Å²) in [6.45, 7) is 2.35. The number of aliphatic hydroxyl groups excluding tert-OH is 1. The minimum Gasteiger partial charge on any atom is -0.395 e. The van der Waals surface area contributed by atoms with Gasteiger partial charge in [0.1, 0.15) is 0 Å². The molecule has 1 atom stereocenters. The fourth-order valence-electron chi connectivity index (χ4n) is 2.42. The second-order valence-electron chi connectivity index (χ2n) is 4.87. The largest absolute Gasteiger partial charge is 0.395 e. The third-order valence-corrected chi connectivity index (χ3v) is 4.14. The van der Waals surface area contributed by atoms with Gasteiger partial charge in [0.2, 0.25) is 0 Å². The quantitative estimate of drug-likeness (QED) is 0.875. The van der Waals surface area contributed by atoms with Crippen LogP contribution in [0.3, 0.4) is 0 Å². The summed E-state index contributed by atoms with van der Waals surface area (Å²) >= 11 is 3.51. The maximum atomic E-state index is 9.15. The Bertz CT molecular complexity index is 359. The zero-order chi connectivity index (χ0) is 12.3. The van der Waals surface area contributed by atoms with Gasteiger partial charge in [0.05, 0.1) is 6.61 Å². The Hall–Kier alpha value is -0.380. The van der Waals surface area contributed by atoms with E-state index >= 15 is 0 Å². The number of nitrogens with one attached hydrogen (secondary N) is 1. The molecule has 1 saturated carbocycles. The van der Waals surface area contributed by atoms with Crippen LogP contribution in [0.15, 0.2) is 28.7 Å². The van der Waals surface area contributed by atoms with Crippen LogP contribution in [0, 0.1) is 0 Å². The van der Waals surface area contributed by atoms with E-state index in [-0.39, 0.29) is 12.6 Å². The number of hydrogen-bond donors (Lipinski definition) is 2. The van der Waals surface area contributed by atoms with Crippen molar-refractivity contribution in [2.24, 2.45) is 0 Å². The van der Waals surface area contributed by atoms with Crippen molar-refractivity contribution in [3.8, 4) is 0 Å². The average Bonchev–Trinajstić information content (AvgIpc) is 2.28. The first-order chi connectivity index (χ1) is 8.22. The second kappa shape index (κ2) is 5.98. The highest BCUT2D eigenvalue weighted by Crippen LogP contribution is 2.37. The molecule has 0 saturated heterocycles. The summed E-state index contributed by atoms with van der Waals surface area (Å²) in [5.41, 5.74) is 1.43. The van der Waals surface area contributed by atoms with Crippen molar-refractivity contribution in [1.29, 1.82) is 0 Å². The molecule has 0 aromatic heterocycles. The molecule has 3 heteroatoms. The number of rotatable bonds is 5. The van der Waals surface area contributed by atoms with Crippen molar-refractivity contribution in [3.63, 3.8) is 0 Å². The lowest BCUT2D eigenvalue weighted by molar-refractivity contribution is 0.193. The van der Waals surface area contributed by atoms with Gasteiger partial charge >= 0.3 is 0 Å². The fourth-order valence-corrected chi connectivity index (χ4v) is 2.84. The van der Waals surface area contributed by atoms with Gasteiger partial charge in [-0.3, -0.25) is 0 Å². The lowest BCUT2D eigenvalue weighted by Crippen LogP contribution is -2.46. The van der Waals surface area contributed by atoms with Gasteiger partial charge in [-0.1, -0.05) is 35.0 Å². The zero-order valence-corrected chi connectivity index (χ0v) is 11.8. The van der Waals surface area contributed by atoms with Gasteiger partial charge in [0.15, 0.2) is 0 Å². The molecule has 2 N–H and O–H groups in total. The normalized spacial score (nSPS) is 25.4. The summed E-state index contributed by atoms with van der Waals surface area (Å²) in [5, 5.41) is 12.7. The molecule has 0 unspecified atom stereocenters. The molecule has 0 spiro atoms. The molecule has 1 aliphatic carbocycles. The summed E-state index contributed by atoms with van der Waals surface area (Å²) in [7, 11) is 0. The molecular weight excluding hydrogens is 278 g/mol. The summed E-state index contributed by atoms with van der Waals surface area (Å²) < 4.78 is 1.16. The Morgan fingerprint density at radius 3 is 2.82 bits per heavy atom. The Morgan fingerprint density at radius 2 is 2.24 bits per heavy atom. The van der Waals surface area contributed by atoms with E-state index in [9.17, 15) is 0 Å². The predicted octanol–water partition coefficient (Wildman–Crippen LogP) is 3.06. The van der Waals surface area contributed by atoms with Gasteiger partial charge < -0.3 is 10.4 Å². The van der Waals surface area contributed by atoms with E-state index in [4.69, 9.17) is 5.11 Å². The van der Waals surface area contributed by atoms with Crippen LogP contribution in [0.1, 0.15) is 37.7 Å². The standard InChI is InChI=1S/C14H20BrNO/c1-2-13(9-17)16-14-7-11(8-14)10-4-3-5-12(15)6-10/h3-6,11,13-14,16-17H,2,7-9H2,1H3/t11?,13-,14?/m1/s1. The maximum absolute atomic E-state index is 9.15. The summed E-state index contributed by atoms with van der Waals surface area (Å²) in [4.78, 5) is 0. The highest BCUT2D eigenvalue weighted by molar-refractivity contribution is 9.10. The molecule has 17 heavy (non-hydrogen) atoms. The Labute approximate surface area is 112 Å². The Morgan fingerprint density at radius 1 is 1.47 bits per heavy atom. The van der Waals surface area contributed by atoms with Crippen LogP contribution in [-0.2, 0) is 0 Å².